The Balaban J connectivity index is 1.83. The molecule has 23 heavy (non-hydrogen) atoms. The molecular formula is C15H25N3O4S. The number of ether oxygens (including phenoxy) is 2. The lowest BCUT2D eigenvalue weighted by Gasteiger charge is -2.37. The van der Waals surface area contributed by atoms with Crippen LogP contribution in [0.5, 0.6) is 0 Å². The Labute approximate surface area is 140 Å². The van der Waals surface area contributed by atoms with Crippen molar-refractivity contribution in [1.29, 1.82) is 0 Å². The van der Waals surface area contributed by atoms with Crippen LogP contribution < -0.4 is 10.6 Å². The van der Waals surface area contributed by atoms with Crippen LogP contribution in [0.2, 0.25) is 0 Å². The number of rotatable bonds is 7. The first kappa shape index (κ1) is 18.1. The number of aliphatic hydroxyl groups is 1. The fourth-order valence-electron chi connectivity index (χ4n) is 2.50. The van der Waals surface area contributed by atoms with Gasteiger partial charge in [-0.15, -0.1) is 11.3 Å². The number of aromatic nitrogens is 1. The molecule has 0 unspecified atom stereocenters. The number of nitrogens with one attached hydrogen (secondary N) is 2. The molecule has 1 aliphatic heterocycles. The number of urea groups is 1. The van der Waals surface area contributed by atoms with E-state index in [1.54, 1.807) is 0 Å². The molecule has 0 spiro atoms. The van der Waals surface area contributed by atoms with Crippen LogP contribution in [0.4, 0.5) is 4.79 Å². The maximum atomic E-state index is 12.1. The topological polar surface area (TPSA) is 92.7 Å². The van der Waals surface area contributed by atoms with Gasteiger partial charge in [0.15, 0.2) is 0 Å². The average Bonchev–Trinajstić information content (AvgIpc) is 2.99. The number of aliphatic hydroxyl groups excluding tert-OH is 1. The van der Waals surface area contributed by atoms with Gasteiger partial charge in [0.1, 0.15) is 5.01 Å². The molecule has 1 fully saturated rings. The molecule has 130 valence electrons. The SMILES string of the molecule is Cc1csc([C@@H](C)NC(=O)NCC2(OCCO)CCOCC2)n1. The van der Waals surface area contributed by atoms with Gasteiger partial charge in [-0.1, -0.05) is 0 Å². The van der Waals surface area contributed by atoms with Crippen molar-refractivity contribution >= 4 is 17.4 Å². The number of nitrogens with zero attached hydrogens (tertiary/aromatic N) is 1. The summed E-state index contributed by atoms with van der Waals surface area (Å²) in [7, 11) is 0. The number of carbonyl (C=O) groups is 1. The average molecular weight is 343 g/mol. The van der Waals surface area contributed by atoms with E-state index in [9.17, 15) is 4.79 Å². The highest BCUT2D eigenvalue weighted by molar-refractivity contribution is 7.09. The molecule has 2 rings (SSSR count). The van der Waals surface area contributed by atoms with Crippen LogP contribution in [0.1, 0.15) is 36.5 Å². The maximum Gasteiger partial charge on any atom is 0.315 e. The van der Waals surface area contributed by atoms with E-state index in [-0.39, 0.29) is 25.3 Å². The number of carbonyl (C=O) groups excluding carboxylic acids is 1. The minimum atomic E-state index is -0.459. The number of amides is 2. The minimum absolute atomic E-state index is 0.0325. The van der Waals surface area contributed by atoms with Crippen molar-refractivity contribution in [2.24, 2.45) is 0 Å². The lowest BCUT2D eigenvalue weighted by molar-refractivity contribution is -0.114. The molecule has 8 heteroatoms. The van der Waals surface area contributed by atoms with E-state index in [2.05, 4.69) is 15.6 Å². The molecule has 1 atom stereocenters. The molecule has 2 heterocycles. The van der Waals surface area contributed by atoms with Gasteiger partial charge in [-0.2, -0.15) is 0 Å². The Kier molecular flexibility index (Phi) is 6.76. The summed E-state index contributed by atoms with van der Waals surface area (Å²) < 4.78 is 11.1. The highest BCUT2D eigenvalue weighted by Crippen LogP contribution is 2.24. The zero-order valence-electron chi connectivity index (χ0n) is 13.6. The molecular weight excluding hydrogens is 318 g/mol. The molecule has 0 aromatic carbocycles. The highest BCUT2D eigenvalue weighted by Gasteiger charge is 2.34. The molecule has 0 radical (unpaired) electrons. The Hall–Kier alpha value is -1.22. The van der Waals surface area contributed by atoms with Crippen molar-refractivity contribution in [3.8, 4) is 0 Å². The normalized spacial score (nSPS) is 18.4. The van der Waals surface area contributed by atoms with Crippen molar-refractivity contribution in [2.45, 2.75) is 38.3 Å². The summed E-state index contributed by atoms with van der Waals surface area (Å²) in [5.74, 6) is 0. The second kappa shape index (κ2) is 8.58. The third kappa shape index (κ3) is 5.42. The predicted octanol–water partition coefficient (Wildman–Crippen LogP) is 1.37. The number of hydrogen-bond donors (Lipinski definition) is 3. The smallest absolute Gasteiger partial charge is 0.315 e. The molecule has 2 amide bonds. The summed E-state index contributed by atoms with van der Waals surface area (Å²) >= 11 is 1.53. The second-order valence-corrected chi connectivity index (χ2v) is 6.63. The first-order valence-corrected chi connectivity index (χ1v) is 8.71. The summed E-state index contributed by atoms with van der Waals surface area (Å²) in [6.07, 6.45) is 1.41. The van der Waals surface area contributed by atoms with Crippen LogP contribution in [0.3, 0.4) is 0 Å². The van der Waals surface area contributed by atoms with Gasteiger partial charge in [0, 0.05) is 43.7 Å². The van der Waals surface area contributed by atoms with Crippen molar-refractivity contribution in [3.05, 3.63) is 16.1 Å². The molecule has 1 aromatic heterocycles. The van der Waals surface area contributed by atoms with Gasteiger partial charge in [-0.3, -0.25) is 0 Å². The lowest BCUT2D eigenvalue weighted by atomic mass is 9.94. The Morgan fingerprint density at radius 1 is 1.57 bits per heavy atom. The van der Waals surface area contributed by atoms with Crippen molar-refractivity contribution < 1.29 is 19.4 Å². The van der Waals surface area contributed by atoms with E-state index >= 15 is 0 Å². The number of aryl methyl sites for hydroxylation is 1. The Morgan fingerprint density at radius 2 is 2.30 bits per heavy atom. The van der Waals surface area contributed by atoms with Gasteiger partial charge < -0.3 is 25.2 Å². The van der Waals surface area contributed by atoms with E-state index in [1.165, 1.54) is 11.3 Å². The Morgan fingerprint density at radius 3 is 2.91 bits per heavy atom. The standard InChI is InChI=1S/C15H25N3O4S/c1-11-9-23-13(17-11)12(2)18-14(20)16-10-15(22-8-5-19)3-6-21-7-4-15/h9,12,19H,3-8,10H2,1-2H3,(H2,16,18,20)/t12-/m1/s1. The van der Waals surface area contributed by atoms with Crippen LogP contribution in [-0.4, -0.2) is 54.7 Å². The van der Waals surface area contributed by atoms with Gasteiger partial charge in [-0.05, 0) is 13.8 Å². The highest BCUT2D eigenvalue weighted by atomic mass is 32.1. The van der Waals surface area contributed by atoms with E-state index < -0.39 is 5.60 Å². The fourth-order valence-corrected chi connectivity index (χ4v) is 3.30. The van der Waals surface area contributed by atoms with Crippen LogP contribution in [0.25, 0.3) is 0 Å². The first-order chi connectivity index (χ1) is 11.0. The van der Waals surface area contributed by atoms with Crippen molar-refractivity contribution in [2.75, 3.05) is 33.0 Å². The number of hydrogen-bond acceptors (Lipinski definition) is 6. The summed E-state index contributed by atoms with van der Waals surface area (Å²) in [5.41, 5.74) is 0.497. The third-order valence-electron chi connectivity index (χ3n) is 3.83. The van der Waals surface area contributed by atoms with E-state index in [1.807, 2.05) is 19.2 Å². The summed E-state index contributed by atoms with van der Waals surface area (Å²) in [6, 6.07) is -0.387. The van der Waals surface area contributed by atoms with Crippen LogP contribution in [0.15, 0.2) is 5.38 Å². The lowest BCUT2D eigenvalue weighted by Crippen LogP contribution is -2.51. The van der Waals surface area contributed by atoms with Crippen LogP contribution in [0, 0.1) is 6.92 Å². The first-order valence-electron chi connectivity index (χ1n) is 7.84. The van der Waals surface area contributed by atoms with Crippen LogP contribution in [-0.2, 0) is 9.47 Å². The summed E-state index contributed by atoms with van der Waals surface area (Å²) in [6.45, 7) is 5.66. The van der Waals surface area contributed by atoms with E-state index in [4.69, 9.17) is 14.6 Å². The zero-order chi connectivity index (χ0) is 16.7. The summed E-state index contributed by atoms with van der Waals surface area (Å²) in [5, 5.41) is 17.6. The molecule has 1 saturated heterocycles. The predicted molar refractivity (Wildman–Crippen MR) is 87.6 cm³/mol. The third-order valence-corrected chi connectivity index (χ3v) is 4.97. The molecule has 0 bridgehead atoms. The molecule has 0 saturated carbocycles. The van der Waals surface area contributed by atoms with Crippen LogP contribution >= 0.6 is 11.3 Å². The second-order valence-electron chi connectivity index (χ2n) is 5.74. The van der Waals surface area contributed by atoms with Gasteiger partial charge >= 0.3 is 6.03 Å². The Bertz CT molecular complexity index is 503. The van der Waals surface area contributed by atoms with Gasteiger partial charge in [0.2, 0.25) is 0 Å². The van der Waals surface area contributed by atoms with Gasteiger partial charge in [-0.25, -0.2) is 9.78 Å². The van der Waals surface area contributed by atoms with E-state index in [0.717, 1.165) is 10.7 Å². The molecule has 1 aromatic rings. The minimum Gasteiger partial charge on any atom is -0.394 e. The molecule has 0 aliphatic carbocycles. The maximum absolute atomic E-state index is 12.1. The largest absolute Gasteiger partial charge is 0.394 e. The van der Waals surface area contributed by atoms with Crippen molar-refractivity contribution in [3.63, 3.8) is 0 Å². The molecule has 7 nitrogen and oxygen atoms in total. The van der Waals surface area contributed by atoms with Gasteiger partial charge in [0.05, 0.1) is 24.9 Å². The number of thiazole rings is 1. The monoisotopic (exact) mass is 343 g/mol. The van der Waals surface area contributed by atoms with E-state index in [0.29, 0.717) is 32.6 Å². The quantitative estimate of drug-likeness (QED) is 0.695. The zero-order valence-corrected chi connectivity index (χ0v) is 14.4. The fraction of sp³-hybridized carbons (Fsp3) is 0.733. The van der Waals surface area contributed by atoms with Gasteiger partial charge in [0.25, 0.3) is 0 Å². The molecule has 1 aliphatic rings. The summed E-state index contributed by atoms with van der Waals surface area (Å²) in [4.78, 5) is 16.5. The van der Waals surface area contributed by atoms with Crippen molar-refractivity contribution in [1.82, 2.24) is 15.6 Å². The molecule has 3 N–H and O–H groups in total.